The summed E-state index contributed by atoms with van der Waals surface area (Å²) in [5.74, 6) is -0.635. The molecule has 0 aromatic heterocycles. The molecule has 2 aromatic carbocycles. The molecule has 1 heterocycles. The topological polar surface area (TPSA) is 101 Å². The van der Waals surface area contributed by atoms with Crippen LogP contribution in [0.1, 0.15) is 17.5 Å². The zero-order valence-electron chi connectivity index (χ0n) is 14.2. The second-order valence-electron chi connectivity index (χ2n) is 5.92. The largest absolute Gasteiger partial charge is 0.508 e. The van der Waals surface area contributed by atoms with Crippen LogP contribution in [-0.2, 0) is 11.2 Å². The van der Waals surface area contributed by atoms with Crippen LogP contribution in [0, 0.1) is 10.1 Å². The normalized spacial score (nSPS) is 15.6. The van der Waals surface area contributed by atoms with Gasteiger partial charge >= 0.3 is 0 Å². The van der Waals surface area contributed by atoms with Crippen LogP contribution in [-0.4, -0.2) is 32.6 Å². The van der Waals surface area contributed by atoms with E-state index in [1.54, 1.807) is 0 Å². The van der Waals surface area contributed by atoms with Gasteiger partial charge in [0, 0.05) is 12.6 Å². The predicted octanol–water partition coefficient (Wildman–Crippen LogP) is 3.97. The number of aryl methyl sites for hydroxylation is 1. The van der Waals surface area contributed by atoms with Gasteiger partial charge in [0.2, 0.25) is 0 Å². The number of thioether (sulfide) groups is 1. The fourth-order valence-corrected chi connectivity index (χ4v) is 3.60. The number of rotatable bonds is 6. The SMILES string of the molecule is O=C1S/C(=C/c2cc(O)ccc2[N+](=O)[O-])C(=O)N1CCCc1ccccc1. The molecule has 1 saturated heterocycles. The van der Waals surface area contributed by atoms with E-state index in [-0.39, 0.29) is 28.5 Å². The van der Waals surface area contributed by atoms with Gasteiger partial charge in [-0.25, -0.2) is 0 Å². The standard InChI is InChI=1S/C19H16N2O5S/c22-15-8-9-16(21(25)26)14(11-15)12-17-18(23)20(19(24)27-17)10-4-7-13-5-2-1-3-6-13/h1-3,5-6,8-9,11-12,22H,4,7,10H2/b17-12+. The van der Waals surface area contributed by atoms with Crippen molar-refractivity contribution < 1.29 is 19.6 Å². The molecule has 7 nitrogen and oxygen atoms in total. The summed E-state index contributed by atoms with van der Waals surface area (Å²) in [6.07, 6.45) is 2.64. The molecule has 2 amide bonds. The number of nitrogens with zero attached hydrogens (tertiary/aromatic N) is 2. The van der Waals surface area contributed by atoms with Crippen molar-refractivity contribution >= 4 is 34.7 Å². The van der Waals surface area contributed by atoms with Crippen LogP contribution < -0.4 is 0 Å². The summed E-state index contributed by atoms with van der Waals surface area (Å²) in [7, 11) is 0. The van der Waals surface area contributed by atoms with Crippen LogP contribution in [0.4, 0.5) is 10.5 Å². The van der Waals surface area contributed by atoms with Gasteiger partial charge in [0.05, 0.1) is 15.4 Å². The minimum Gasteiger partial charge on any atom is -0.508 e. The van der Waals surface area contributed by atoms with E-state index in [1.807, 2.05) is 30.3 Å². The number of carbonyl (C=O) groups is 2. The quantitative estimate of drug-likeness (QED) is 0.459. The Morgan fingerprint density at radius 2 is 1.89 bits per heavy atom. The van der Waals surface area contributed by atoms with Crippen molar-refractivity contribution in [1.82, 2.24) is 4.90 Å². The number of nitro benzene ring substituents is 1. The van der Waals surface area contributed by atoms with E-state index in [0.29, 0.717) is 6.42 Å². The first-order valence-corrected chi connectivity index (χ1v) is 9.04. The van der Waals surface area contributed by atoms with Crippen LogP contribution in [0.3, 0.4) is 0 Å². The van der Waals surface area contributed by atoms with Crippen molar-refractivity contribution in [3.63, 3.8) is 0 Å². The summed E-state index contributed by atoms with van der Waals surface area (Å²) in [5, 5.41) is 20.3. The highest BCUT2D eigenvalue weighted by Gasteiger charge is 2.35. The maximum Gasteiger partial charge on any atom is 0.293 e. The van der Waals surface area contributed by atoms with Gasteiger partial charge in [-0.2, -0.15) is 0 Å². The van der Waals surface area contributed by atoms with E-state index < -0.39 is 16.1 Å². The first-order chi connectivity index (χ1) is 13.0. The molecule has 0 bridgehead atoms. The fourth-order valence-electron chi connectivity index (χ4n) is 2.74. The molecule has 0 spiro atoms. The van der Waals surface area contributed by atoms with E-state index in [4.69, 9.17) is 0 Å². The van der Waals surface area contributed by atoms with E-state index in [0.717, 1.165) is 34.7 Å². The van der Waals surface area contributed by atoms with Crippen molar-refractivity contribution in [3.05, 3.63) is 74.7 Å². The predicted molar refractivity (Wildman–Crippen MR) is 102 cm³/mol. The lowest BCUT2D eigenvalue weighted by Gasteiger charge is -2.12. The van der Waals surface area contributed by atoms with Gasteiger partial charge < -0.3 is 5.11 Å². The lowest BCUT2D eigenvalue weighted by atomic mass is 10.1. The molecule has 138 valence electrons. The maximum absolute atomic E-state index is 12.5. The molecular weight excluding hydrogens is 368 g/mol. The highest BCUT2D eigenvalue weighted by Crippen LogP contribution is 2.35. The van der Waals surface area contributed by atoms with Crippen molar-refractivity contribution in [2.24, 2.45) is 0 Å². The first kappa shape index (κ1) is 18.7. The number of nitro groups is 1. The number of hydrogen-bond donors (Lipinski definition) is 1. The average molecular weight is 384 g/mol. The van der Waals surface area contributed by atoms with Gasteiger partial charge in [-0.3, -0.25) is 24.6 Å². The Balaban J connectivity index is 1.73. The van der Waals surface area contributed by atoms with Crippen LogP contribution >= 0.6 is 11.8 Å². The number of aromatic hydroxyl groups is 1. The molecule has 0 atom stereocenters. The summed E-state index contributed by atoms with van der Waals surface area (Å²) < 4.78 is 0. The minimum atomic E-state index is -0.602. The Hall–Kier alpha value is -3.13. The summed E-state index contributed by atoms with van der Waals surface area (Å²) in [4.78, 5) is 36.4. The number of carbonyl (C=O) groups excluding carboxylic acids is 2. The van der Waals surface area contributed by atoms with Gasteiger partial charge in [0.15, 0.2) is 0 Å². The van der Waals surface area contributed by atoms with E-state index in [1.165, 1.54) is 18.2 Å². The molecule has 0 unspecified atom stereocenters. The second-order valence-corrected chi connectivity index (χ2v) is 6.92. The van der Waals surface area contributed by atoms with E-state index >= 15 is 0 Å². The molecule has 8 heteroatoms. The zero-order chi connectivity index (χ0) is 19.4. The number of amides is 2. The monoisotopic (exact) mass is 384 g/mol. The van der Waals surface area contributed by atoms with Gasteiger partial charge in [0.25, 0.3) is 16.8 Å². The molecule has 27 heavy (non-hydrogen) atoms. The summed E-state index contributed by atoms with van der Waals surface area (Å²) in [6.45, 7) is 0.277. The first-order valence-electron chi connectivity index (χ1n) is 8.22. The molecule has 1 fully saturated rings. The number of benzene rings is 2. The minimum absolute atomic E-state index is 0.0785. The highest BCUT2D eigenvalue weighted by molar-refractivity contribution is 8.18. The lowest BCUT2D eigenvalue weighted by Crippen LogP contribution is -2.29. The van der Waals surface area contributed by atoms with Crippen LogP contribution in [0.15, 0.2) is 53.4 Å². The summed E-state index contributed by atoms with van der Waals surface area (Å²) >= 11 is 0.743. The van der Waals surface area contributed by atoms with E-state index in [2.05, 4.69) is 0 Å². The molecule has 3 rings (SSSR count). The molecule has 2 aromatic rings. The van der Waals surface area contributed by atoms with Crippen LogP contribution in [0.25, 0.3) is 6.08 Å². The van der Waals surface area contributed by atoms with Gasteiger partial charge in [-0.05, 0) is 48.4 Å². The Morgan fingerprint density at radius 1 is 1.15 bits per heavy atom. The summed E-state index contributed by atoms with van der Waals surface area (Å²) in [6, 6.07) is 13.3. The third-order valence-electron chi connectivity index (χ3n) is 4.06. The number of phenolic OH excluding ortho intramolecular Hbond substituents is 1. The number of hydrogen-bond acceptors (Lipinski definition) is 6. The smallest absolute Gasteiger partial charge is 0.293 e. The maximum atomic E-state index is 12.5. The molecule has 1 aliphatic rings. The third-order valence-corrected chi connectivity index (χ3v) is 4.97. The lowest BCUT2D eigenvalue weighted by molar-refractivity contribution is -0.385. The van der Waals surface area contributed by atoms with Crippen molar-refractivity contribution in [1.29, 1.82) is 0 Å². The molecule has 0 radical (unpaired) electrons. The second kappa shape index (κ2) is 8.05. The zero-order valence-corrected chi connectivity index (χ0v) is 15.0. The Morgan fingerprint density at radius 3 is 2.59 bits per heavy atom. The Labute approximate surface area is 159 Å². The van der Waals surface area contributed by atoms with Crippen LogP contribution in [0.5, 0.6) is 5.75 Å². The highest BCUT2D eigenvalue weighted by atomic mass is 32.2. The van der Waals surface area contributed by atoms with Gasteiger partial charge in [-0.1, -0.05) is 30.3 Å². The molecule has 1 aliphatic heterocycles. The average Bonchev–Trinajstić information content (AvgIpc) is 2.90. The van der Waals surface area contributed by atoms with Crippen molar-refractivity contribution in [2.75, 3.05) is 6.54 Å². The van der Waals surface area contributed by atoms with Crippen molar-refractivity contribution in [2.45, 2.75) is 12.8 Å². The molecule has 0 aliphatic carbocycles. The third kappa shape index (κ3) is 4.35. The van der Waals surface area contributed by atoms with Gasteiger partial charge in [0.1, 0.15) is 5.75 Å². The van der Waals surface area contributed by atoms with Gasteiger partial charge in [-0.15, -0.1) is 0 Å². The van der Waals surface area contributed by atoms with E-state index in [9.17, 15) is 24.8 Å². The summed E-state index contributed by atoms with van der Waals surface area (Å²) in [5.41, 5.74) is 0.953. The molecular formula is C19H16N2O5S. The fraction of sp³-hybridized carbons (Fsp3) is 0.158. The number of imide groups is 1. The Kier molecular flexibility index (Phi) is 5.56. The molecule has 0 saturated carbocycles. The van der Waals surface area contributed by atoms with Crippen molar-refractivity contribution in [3.8, 4) is 5.75 Å². The number of phenols is 1. The Bertz CT molecular complexity index is 927. The van der Waals surface area contributed by atoms with Crippen LogP contribution in [0.2, 0.25) is 0 Å². The molecule has 1 N–H and O–H groups in total.